The highest BCUT2D eigenvalue weighted by Gasteiger charge is 2.52. The fourth-order valence-electron chi connectivity index (χ4n) is 4.14. The summed E-state index contributed by atoms with van der Waals surface area (Å²) in [6.45, 7) is 3.21. The van der Waals surface area contributed by atoms with E-state index in [0.717, 1.165) is 0 Å². The summed E-state index contributed by atoms with van der Waals surface area (Å²) in [5.41, 5.74) is 0. The maximum atomic E-state index is 13.9. The first-order valence-electron chi connectivity index (χ1n) is 14.0. The van der Waals surface area contributed by atoms with Gasteiger partial charge in [-0.25, -0.2) is 25.4 Å². The number of unbranched alkanes of at least 4 members (excludes halogenated alkanes) is 12. The minimum absolute atomic E-state index is 0.174. The molecule has 0 aromatic carbocycles. The molecule has 0 aliphatic rings. The van der Waals surface area contributed by atoms with Gasteiger partial charge in [-0.2, -0.15) is 21.0 Å². The highest BCUT2D eigenvalue weighted by atomic mass is 32.3. The van der Waals surface area contributed by atoms with Crippen LogP contribution in [0.5, 0.6) is 0 Å². The van der Waals surface area contributed by atoms with E-state index in [-0.39, 0.29) is 26.2 Å². The summed E-state index contributed by atoms with van der Waals surface area (Å²) in [7, 11) is -8.56. The van der Waals surface area contributed by atoms with Crippen LogP contribution in [0.2, 0.25) is 0 Å². The Hall–Kier alpha value is -2.22. The van der Waals surface area contributed by atoms with Gasteiger partial charge in [0.15, 0.2) is 4.08 Å². The van der Waals surface area contributed by atoms with Crippen molar-refractivity contribution in [2.75, 3.05) is 26.2 Å². The zero-order chi connectivity index (χ0) is 29.6. The quantitative estimate of drug-likeness (QED) is 0.138. The SMILES string of the molecule is CC(C)(S(=O)(=O)N(CCCCCC#N)CCCCCC#N)S(=O)(=O)N(CCCCCC#N)CCCCCC#N. The molecule has 0 rings (SSSR count). The van der Waals surface area contributed by atoms with Crippen LogP contribution >= 0.6 is 0 Å². The van der Waals surface area contributed by atoms with Crippen LogP contribution in [0.25, 0.3) is 0 Å². The summed E-state index contributed by atoms with van der Waals surface area (Å²) in [6, 6.07) is 8.31. The Kier molecular flexibility index (Phi) is 19.5. The molecule has 39 heavy (non-hydrogen) atoms. The number of sulfonamides is 2. The largest absolute Gasteiger partial charge is 0.235 e. The van der Waals surface area contributed by atoms with Gasteiger partial charge in [0.25, 0.3) is 0 Å². The van der Waals surface area contributed by atoms with Crippen LogP contribution in [0.1, 0.15) is 117 Å². The number of nitrogens with zero attached hydrogens (tertiary/aromatic N) is 6. The zero-order valence-electron chi connectivity index (χ0n) is 23.8. The van der Waals surface area contributed by atoms with Crippen LogP contribution in [-0.2, 0) is 20.0 Å². The summed E-state index contributed by atoms with van der Waals surface area (Å²) in [5, 5.41) is 35.1. The minimum Gasteiger partial charge on any atom is -0.210 e. The molecule has 0 aliphatic carbocycles. The topological polar surface area (TPSA) is 170 Å². The number of hydrogen-bond donors (Lipinski definition) is 0. The molecule has 0 bridgehead atoms. The second-order valence-electron chi connectivity index (χ2n) is 10.1. The first kappa shape index (κ1) is 36.8. The van der Waals surface area contributed by atoms with Gasteiger partial charge in [-0.05, 0) is 65.2 Å². The first-order chi connectivity index (χ1) is 18.5. The molecule has 0 aromatic heterocycles. The molecule has 0 spiro atoms. The fraction of sp³-hybridized carbons (Fsp3) is 0.852. The van der Waals surface area contributed by atoms with Gasteiger partial charge in [-0.15, -0.1) is 0 Å². The molecular weight excluding hydrogens is 536 g/mol. The van der Waals surface area contributed by atoms with Crippen molar-refractivity contribution in [3.05, 3.63) is 0 Å². The van der Waals surface area contributed by atoms with Gasteiger partial charge in [0.05, 0.1) is 24.3 Å². The van der Waals surface area contributed by atoms with E-state index in [1.807, 2.05) is 0 Å². The molecule has 0 heterocycles. The Morgan fingerprint density at radius 3 is 0.897 bits per heavy atom. The van der Waals surface area contributed by atoms with E-state index in [4.69, 9.17) is 21.0 Å². The maximum Gasteiger partial charge on any atom is 0.235 e. The highest BCUT2D eigenvalue weighted by Crippen LogP contribution is 2.31. The monoisotopic (exact) mass is 582 g/mol. The van der Waals surface area contributed by atoms with Crippen molar-refractivity contribution in [1.29, 1.82) is 21.0 Å². The first-order valence-corrected chi connectivity index (χ1v) is 16.9. The lowest BCUT2D eigenvalue weighted by Crippen LogP contribution is -2.55. The van der Waals surface area contributed by atoms with Crippen LogP contribution in [0, 0.1) is 45.3 Å². The molecule has 0 atom stereocenters. The van der Waals surface area contributed by atoms with Gasteiger partial charge in [0.2, 0.25) is 20.0 Å². The molecule has 0 fully saturated rings. The Morgan fingerprint density at radius 1 is 0.462 bits per heavy atom. The average molecular weight is 583 g/mol. The molecule has 12 heteroatoms. The van der Waals surface area contributed by atoms with Crippen molar-refractivity contribution in [3.63, 3.8) is 0 Å². The van der Waals surface area contributed by atoms with Crippen molar-refractivity contribution in [2.24, 2.45) is 0 Å². The second kappa shape index (κ2) is 20.7. The Balaban J connectivity index is 5.84. The van der Waals surface area contributed by atoms with E-state index in [1.54, 1.807) is 0 Å². The molecule has 220 valence electrons. The average Bonchev–Trinajstić information content (AvgIpc) is 2.89. The molecule has 0 N–H and O–H groups in total. The van der Waals surface area contributed by atoms with Gasteiger partial charge in [-0.1, -0.05) is 25.7 Å². The number of rotatable bonds is 24. The summed E-state index contributed by atoms with van der Waals surface area (Å²) < 4.78 is 56.1. The van der Waals surface area contributed by atoms with Gasteiger partial charge < -0.3 is 0 Å². The molecule has 10 nitrogen and oxygen atoms in total. The van der Waals surface area contributed by atoms with Gasteiger partial charge in [-0.3, -0.25) is 0 Å². The van der Waals surface area contributed by atoms with Crippen molar-refractivity contribution in [3.8, 4) is 24.3 Å². The van der Waals surface area contributed by atoms with E-state index in [9.17, 15) is 16.8 Å². The summed E-state index contributed by atoms with van der Waals surface area (Å²) in [4.78, 5) is 0. The highest BCUT2D eigenvalue weighted by molar-refractivity contribution is 8.08. The third kappa shape index (κ3) is 13.1. The predicted octanol–water partition coefficient (Wildman–Crippen LogP) is 5.32. The van der Waals surface area contributed by atoms with Crippen LogP contribution in [0.4, 0.5) is 0 Å². The summed E-state index contributed by atoms with van der Waals surface area (Å²) >= 11 is 0. The van der Waals surface area contributed by atoms with E-state index < -0.39 is 24.1 Å². The molecule has 0 radical (unpaired) electrons. The third-order valence-electron chi connectivity index (χ3n) is 6.71. The lowest BCUT2D eigenvalue weighted by Gasteiger charge is -2.36. The van der Waals surface area contributed by atoms with Crippen molar-refractivity contribution in [1.82, 2.24) is 8.61 Å². The van der Waals surface area contributed by atoms with Crippen molar-refractivity contribution < 1.29 is 16.8 Å². The Morgan fingerprint density at radius 2 is 0.692 bits per heavy atom. The molecule has 0 saturated carbocycles. The number of hydrogen-bond acceptors (Lipinski definition) is 8. The third-order valence-corrected chi connectivity index (χ3v) is 12.5. The van der Waals surface area contributed by atoms with Crippen LogP contribution in [-0.4, -0.2) is 55.7 Å². The van der Waals surface area contributed by atoms with Gasteiger partial charge >= 0.3 is 0 Å². The van der Waals surface area contributed by atoms with Crippen molar-refractivity contribution >= 4 is 20.0 Å². The smallest absolute Gasteiger partial charge is 0.210 e. The molecule has 0 saturated heterocycles. The van der Waals surface area contributed by atoms with Crippen molar-refractivity contribution in [2.45, 2.75) is 121 Å². The predicted molar refractivity (Wildman–Crippen MR) is 151 cm³/mol. The van der Waals surface area contributed by atoms with Crippen LogP contribution in [0.3, 0.4) is 0 Å². The lowest BCUT2D eigenvalue weighted by atomic mass is 10.2. The maximum absolute atomic E-state index is 13.9. The molecule has 0 unspecified atom stereocenters. The van der Waals surface area contributed by atoms with E-state index in [0.29, 0.717) is 103 Å². The van der Waals surface area contributed by atoms with E-state index in [2.05, 4.69) is 24.3 Å². The van der Waals surface area contributed by atoms with Gasteiger partial charge in [0.1, 0.15) is 0 Å². The lowest BCUT2D eigenvalue weighted by molar-refractivity contribution is 0.363. The molecular formula is C27H46N6O4S2. The minimum atomic E-state index is -4.28. The normalized spacial score (nSPS) is 12.1. The van der Waals surface area contributed by atoms with E-state index >= 15 is 0 Å². The Labute approximate surface area is 237 Å². The standard InChI is InChI=1S/C27H46N6O4S2/c1-27(2,38(34,35)32(23-15-7-3-11-19-28)24-16-8-4-12-20-29)39(36,37)33(25-17-9-5-13-21-30)26-18-10-6-14-22-31/h3-18,23-26H2,1-2H3. The van der Waals surface area contributed by atoms with Crippen LogP contribution in [0.15, 0.2) is 0 Å². The van der Waals surface area contributed by atoms with E-state index in [1.165, 1.54) is 22.5 Å². The summed E-state index contributed by atoms with van der Waals surface area (Å²) in [6.07, 6.45) is 8.92. The summed E-state index contributed by atoms with van der Waals surface area (Å²) in [5.74, 6) is 0. The molecule has 0 aliphatic heterocycles. The second-order valence-corrected chi connectivity index (χ2v) is 15.3. The number of nitriles is 4. The van der Waals surface area contributed by atoms with Gasteiger partial charge in [0, 0.05) is 51.9 Å². The zero-order valence-corrected chi connectivity index (χ0v) is 25.4. The Bertz CT molecular complexity index is 932. The fourth-order valence-corrected chi connectivity index (χ4v) is 8.55. The molecule has 0 amide bonds. The molecule has 0 aromatic rings. The van der Waals surface area contributed by atoms with Crippen LogP contribution < -0.4 is 0 Å².